The summed E-state index contributed by atoms with van der Waals surface area (Å²) in [7, 11) is -2.16. The first kappa shape index (κ1) is 13.4. The molecule has 0 amide bonds. The Balaban J connectivity index is 2.26. The second-order valence-electron chi connectivity index (χ2n) is 3.98. The second-order valence-corrected chi connectivity index (χ2v) is 5.60. The number of nitrogen functional groups attached to an aromatic ring is 1. The van der Waals surface area contributed by atoms with Crippen LogP contribution >= 0.6 is 0 Å². The number of aromatic nitrogens is 2. The van der Waals surface area contributed by atoms with Gasteiger partial charge in [0.15, 0.2) is 0 Å². The fourth-order valence-corrected chi connectivity index (χ4v) is 2.15. The van der Waals surface area contributed by atoms with E-state index in [9.17, 15) is 8.42 Å². The van der Waals surface area contributed by atoms with E-state index in [0.717, 1.165) is 11.4 Å². The molecule has 2 rings (SSSR count). The zero-order chi connectivity index (χ0) is 14.0. The summed E-state index contributed by atoms with van der Waals surface area (Å²) < 4.78 is 28.8. The molecule has 102 valence electrons. The van der Waals surface area contributed by atoms with Crippen LogP contribution in [0.4, 0.5) is 11.5 Å². The van der Waals surface area contributed by atoms with E-state index in [1.165, 1.54) is 7.05 Å². The predicted octanol–water partition coefficient (Wildman–Crippen LogP) is 0.639. The molecular formula is C11H15N5O2S. The highest BCUT2D eigenvalue weighted by Gasteiger charge is 2.07. The largest absolute Gasteiger partial charge is 0.384 e. The molecule has 1 aromatic carbocycles. The number of benzene rings is 1. The lowest BCUT2D eigenvalue weighted by atomic mass is 10.3. The zero-order valence-corrected chi connectivity index (χ0v) is 11.4. The standard InChI is InChI=1S/C11H15N5O2S/c1-8-7-11(12)16(14-8)10-5-3-9(4-6-10)15-19(17,18)13-2/h3-7,13,15H,12H2,1-2H3. The first-order chi connectivity index (χ1) is 8.91. The fraction of sp³-hybridized carbons (Fsp3) is 0.182. The van der Waals surface area contributed by atoms with Gasteiger partial charge in [0.1, 0.15) is 5.82 Å². The summed E-state index contributed by atoms with van der Waals surface area (Å²) in [6, 6.07) is 8.51. The Morgan fingerprint density at radius 1 is 1.26 bits per heavy atom. The maximum atomic E-state index is 11.3. The molecular weight excluding hydrogens is 266 g/mol. The molecule has 0 saturated heterocycles. The van der Waals surface area contributed by atoms with Crippen molar-refractivity contribution in [3.8, 4) is 5.69 Å². The molecule has 4 N–H and O–H groups in total. The zero-order valence-electron chi connectivity index (χ0n) is 10.6. The first-order valence-electron chi connectivity index (χ1n) is 5.55. The number of hydrogen-bond acceptors (Lipinski definition) is 4. The third-order valence-electron chi connectivity index (χ3n) is 2.49. The number of hydrogen-bond donors (Lipinski definition) is 3. The molecule has 1 aromatic heterocycles. The molecule has 0 bridgehead atoms. The highest BCUT2D eigenvalue weighted by Crippen LogP contribution is 2.17. The molecule has 8 heteroatoms. The van der Waals surface area contributed by atoms with Crippen LogP contribution in [0.3, 0.4) is 0 Å². The molecule has 0 unspecified atom stereocenters. The molecule has 2 aromatic rings. The van der Waals surface area contributed by atoms with Crippen LogP contribution < -0.4 is 15.2 Å². The van der Waals surface area contributed by atoms with E-state index >= 15 is 0 Å². The Morgan fingerprint density at radius 2 is 1.89 bits per heavy atom. The average Bonchev–Trinajstić information content (AvgIpc) is 2.69. The minimum Gasteiger partial charge on any atom is -0.384 e. The Labute approximate surface area is 111 Å². The number of aryl methyl sites for hydroxylation is 1. The number of anilines is 2. The van der Waals surface area contributed by atoms with Crippen molar-refractivity contribution in [1.82, 2.24) is 14.5 Å². The van der Waals surface area contributed by atoms with Crippen LogP contribution in [-0.2, 0) is 10.2 Å². The Morgan fingerprint density at radius 3 is 2.37 bits per heavy atom. The van der Waals surface area contributed by atoms with Crippen LogP contribution in [0.15, 0.2) is 30.3 Å². The van der Waals surface area contributed by atoms with Gasteiger partial charge >= 0.3 is 0 Å². The van der Waals surface area contributed by atoms with Crippen molar-refractivity contribution in [2.75, 3.05) is 17.5 Å². The van der Waals surface area contributed by atoms with Crippen LogP contribution in [0.1, 0.15) is 5.69 Å². The molecule has 0 atom stereocenters. The maximum Gasteiger partial charge on any atom is 0.298 e. The van der Waals surface area contributed by atoms with E-state index in [0.29, 0.717) is 11.5 Å². The lowest BCUT2D eigenvalue weighted by molar-refractivity contribution is 0.593. The van der Waals surface area contributed by atoms with Gasteiger partial charge in [-0.2, -0.15) is 13.5 Å². The van der Waals surface area contributed by atoms with E-state index in [2.05, 4.69) is 14.5 Å². The summed E-state index contributed by atoms with van der Waals surface area (Å²) in [6.07, 6.45) is 0. The Bertz CT molecular complexity index is 676. The van der Waals surface area contributed by atoms with Gasteiger partial charge in [-0.15, -0.1) is 0 Å². The fourth-order valence-electron chi connectivity index (χ4n) is 1.60. The van der Waals surface area contributed by atoms with Crippen molar-refractivity contribution < 1.29 is 8.42 Å². The molecule has 0 fully saturated rings. The quantitative estimate of drug-likeness (QED) is 0.765. The van der Waals surface area contributed by atoms with Crippen molar-refractivity contribution in [3.05, 3.63) is 36.0 Å². The van der Waals surface area contributed by atoms with Crippen LogP contribution in [0.5, 0.6) is 0 Å². The van der Waals surface area contributed by atoms with Gasteiger partial charge < -0.3 is 5.73 Å². The van der Waals surface area contributed by atoms with Gasteiger partial charge in [-0.25, -0.2) is 9.40 Å². The van der Waals surface area contributed by atoms with Crippen LogP contribution in [0.25, 0.3) is 5.69 Å². The van der Waals surface area contributed by atoms with Crippen LogP contribution in [0.2, 0.25) is 0 Å². The smallest absolute Gasteiger partial charge is 0.298 e. The van der Waals surface area contributed by atoms with Crippen molar-refractivity contribution in [1.29, 1.82) is 0 Å². The molecule has 0 radical (unpaired) electrons. The van der Waals surface area contributed by atoms with Crippen LogP contribution in [0, 0.1) is 6.92 Å². The monoisotopic (exact) mass is 281 g/mol. The molecule has 0 aliphatic heterocycles. The SMILES string of the molecule is CNS(=O)(=O)Nc1ccc(-n2nc(C)cc2N)cc1. The van der Waals surface area contributed by atoms with E-state index in [4.69, 9.17) is 5.73 Å². The van der Waals surface area contributed by atoms with Crippen molar-refractivity contribution in [2.24, 2.45) is 0 Å². The van der Waals surface area contributed by atoms with Gasteiger partial charge in [0.2, 0.25) is 0 Å². The summed E-state index contributed by atoms with van der Waals surface area (Å²) in [4.78, 5) is 0. The normalized spacial score (nSPS) is 11.5. The summed E-state index contributed by atoms with van der Waals surface area (Å²) in [5.41, 5.74) is 7.85. The van der Waals surface area contributed by atoms with Crippen molar-refractivity contribution in [3.63, 3.8) is 0 Å². The summed E-state index contributed by atoms with van der Waals surface area (Å²) in [5.74, 6) is 0.529. The van der Waals surface area contributed by atoms with Gasteiger partial charge in [-0.1, -0.05) is 0 Å². The Hall–Kier alpha value is -2.06. The van der Waals surface area contributed by atoms with E-state index in [1.807, 2.05) is 6.92 Å². The van der Waals surface area contributed by atoms with Crippen molar-refractivity contribution in [2.45, 2.75) is 6.92 Å². The number of nitrogens with two attached hydrogens (primary N) is 1. The van der Waals surface area contributed by atoms with Gasteiger partial charge in [-0.3, -0.25) is 4.72 Å². The second kappa shape index (κ2) is 4.90. The maximum absolute atomic E-state index is 11.3. The van der Waals surface area contributed by atoms with Gasteiger partial charge in [-0.05, 0) is 31.2 Å². The summed E-state index contributed by atoms with van der Waals surface area (Å²) in [6.45, 7) is 1.85. The third-order valence-corrected chi connectivity index (χ3v) is 3.53. The first-order valence-corrected chi connectivity index (χ1v) is 7.03. The molecule has 7 nitrogen and oxygen atoms in total. The minimum absolute atomic E-state index is 0.459. The predicted molar refractivity (Wildman–Crippen MR) is 74.3 cm³/mol. The number of rotatable bonds is 4. The average molecular weight is 281 g/mol. The highest BCUT2D eigenvalue weighted by molar-refractivity contribution is 7.90. The molecule has 0 saturated carbocycles. The third kappa shape index (κ3) is 3.04. The summed E-state index contributed by atoms with van der Waals surface area (Å²) >= 11 is 0. The molecule has 0 spiro atoms. The number of nitrogens with zero attached hydrogens (tertiary/aromatic N) is 2. The van der Waals surface area contributed by atoms with E-state index < -0.39 is 10.2 Å². The molecule has 19 heavy (non-hydrogen) atoms. The van der Waals surface area contributed by atoms with Gasteiger partial charge in [0.05, 0.1) is 11.4 Å². The molecule has 0 aliphatic rings. The number of nitrogens with one attached hydrogen (secondary N) is 2. The topological polar surface area (TPSA) is 102 Å². The highest BCUT2D eigenvalue weighted by atomic mass is 32.2. The molecule has 0 aliphatic carbocycles. The Kier molecular flexibility index (Phi) is 3.45. The lowest BCUT2D eigenvalue weighted by Crippen LogP contribution is -2.26. The van der Waals surface area contributed by atoms with Gasteiger partial charge in [0.25, 0.3) is 10.2 Å². The van der Waals surface area contributed by atoms with Crippen LogP contribution in [-0.4, -0.2) is 25.2 Å². The van der Waals surface area contributed by atoms with Crippen molar-refractivity contribution >= 4 is 21.7 Å². The molecule has 1 heterocycles. The van der Waals surface area contributed by atoms with E-state index in [1.54, 1.807) is 35.0 Å². The lowest BCUT2D eigenvalue weighted by Gasteiger charge is -2.08. The minimum atomic E-state index is -3.50. The summed E-state index contributed by atoms with van der Waals surface area (Å²) in [5, 5.41) is 4.24. The van der Waals surface area contributed by atoms with Gasteiger partial charge in [0, 0.05) is 18.8 Å². The van der Waals surface area contributed by atoms with E-state index in [-0.39, 0.29) is 0 Å².